The average Bonchev–Trinajstić information content (AvgIpc) is 2.60. The van der Waals surface area contributed by atoms with Crippen LogP contribution >= 0.6 is 15.9 Å². The highest BCUT2D eigenvalue weighted by molar-refractivity contribution is 9.10. The van der Waals surface area contributed by atoms with Gasteiger partial charge in [0.1, 0.15) is 5.82 Å². The van der Waals surface area contributed by atoms with Crippen molar-refractivity contribution in [2.75, 3.05) is 11.9 Å². The average molecular weight is 402 g/mol. The number of hydrogen-bond donors (Lipinski definition) is 2. The van der Waals surface area contributed by atoms with Crippen LogP contribution in [0.5, 0.6) is 0 Å². The first-order valence-electron chi connectivity index (χ1n) is 7.85. The number of nitrogens with two attached hydrogens (primary N) is 1. The number of benzene rings is 2. The molecule has 128 valence electrons. The number of carbonyl (C=O) groups is 1. The minimum absolute atomic E-state index is 0.300. The molecule has 1 amide bonds. The molecule has 4 nitrogen and oxygen atoms in total. The fourth-order valence-electron chi connectivity index (χ4n) is 2.68. The Hall–Kier alpha value is -2.47. The Morgan fingerprint density at radius 1 is 1.20 bits per heavy atom. The summed E-state index contributed by atoms with van der Waals surface area (Å²) in [6, 6.07) is 13.8. The van der Waals surface area contributed by atoms with E-state index in [1.54, 1.807) is 18.3 Å². The summed E-state index contributed by atoms with van der Waals surface area (Å²) < 4.78 is 14.0. The highest BCUT2D eigenvalue weighted by Crippen LogP contribution is 2.25. The Balaban J connectivity index is 1.77. The van der Waals surface area contributed by atoms with E-state index < -0.39 is 11.8 Å². The third-order valence-electron chi connectivity index (χ3n) is 4.04. The van der Waals surface area contributed by atoms with Crippen molar-refractivity contribution in [1.82, 2.24) is 4.98 Å². The molecule has 0 bridgehead atoms. The molecule has 0 fully saturated rings. The second-order valence-corrected chi connectivity index (χ2v) is 6.75. The van der Waals surface area contributed by atoms with E-state index in [0.29, 0.717) is 13.0 Å². The number of rotatable bonds is 6. The van der Waals surface area contributed by atoms with Crippen LogP contribution in [0.4, 0.5) is 10.1 Å². The Morgan fingerprint density at radius 3 is 2.68 bits per heavy atom. The largest absolute Gasteiger partial charge is 0.384 e. The summed E-state index contributed by atoms with van der Waals surface area (Å²) >= 11 is 3.46. The number of primary amides is 1. The molecule has 3 N–H and O–H groups in total. The molecule has 0 radical (unpaired) electrons. The standard InChI is InChI=1S/C19H17BrFN3O/c20-14-3-6-17-16(10-14)18(7-8-23-17)24-11-13(19(22)25)9-12-1-4-15(21)5-2-12/h1-8,10,13H,9,11H2,(H2,22,25)(H,23,24). The van der Waals surface area contributed by atoms with Gasteiger partial charge in [0.2, 0.25) is 5.91 Å². The number of fused-ring (bicyclic) bond motifs is 1. The number of amides is 1. The van der Waals surface area contributed by atoms with Crippen LogP contribution in [0, 0.1) is 11.7 Å². The number of halogens is 2. The lowest BCUT2D eigenvalue weighted by Gasteiger charge is -2.16. The fraction of sp³-hybridized carbons (Fsp3) is 0.158. The van der Waals surface area contributed by atoms with Crippen LogP contribution in [0.15, 0.2) is 59.2 Å². The predicted octanol–water partition coefficient (Wildman–Crippen LogP) is 3.89. The molecule has 1 unspecified atom stereocenters. The molecule has 2 aromatic carbocycles. The molecule has 6 heteroatoms. The first kappa shape index (κ1) is 17.4. The number of nitrogens with one attached hydrogen (secondary N) is 1. The van der Waals surface area contributed by atoms with Crippen molar-refractivity contribution in [2.45, 2.75) is 6.42 Å². The van der Waals surface area contributed by atoms with Gasteiger partial charge in [0, 0.05) is 28.3 Å². The number of pyridine rings is 1. The van der Waals surface area contributed by atoms with Crippen molar-refractivity contribution < 1.29 is 9.18 Å². The molecule has 1 heterocycles. The summed E-state index contributed by atoms with van der Waals surface area (Å²) in [5.41, 5.74) is 8.16. The molecule has 0 saturated heterocycles. The second-order valence-electron chi connectivity index (χ2n) is 5.83. The van der Waals surface area contributed by atoms with Gasteiger partial charge in [0.05, 0.1) is 11.4 Å². The summed E-state index contributed by atoms with van der Waals surface area (Å²) in [6.07, 6.45) is 2.17. The number of aromatic nitrogens is 1. The molecule has 3 aromatic rings. The van der Waals surface area contributed by atoms with Crippen molar-refractivity contribution in [3.05, 3.63) is 70.6 Å². The van der Waals surface area contributed by atoms with Gasteiger partial charge in [-0.15, -0.1) is 0 Å². The molecule has 0 aliphatic heterocycles. The molecule has 1 atom stereocenters. The molecule has 0 aliphatic rings. The van der Waals surface area contributed by atoms with Gasteiger partial charge in [-0.1, -0.05) is 28.1 Å². The highest BCUT2D eigenvalue weighted by atomic mass is 79.9. The van der Waals surface area contributed by atoms with Gasteiger partial charge < -0.3 is 11.1 Å². The first-order chi connectivity index (χ1) is 12.0. The third kappa shape index (κ3) is 4.33. The van der Waals surface area contributed by atoms with Gasteiger partial charge in [-0.25, -0.2) is 4.39 Å². The summed E-state index contributed by atoms with van der Waals surface area (Å²) in [5, 5.41) is 4.25. The van der Waals surface area contributed by atoms with E-state index in [-0.39, 0.29) is 5.82 Å². The molecule has 25 heavy (non-hydrogen) atoms. The van der Waals surface area contributed by atoms with Crippen LogP contribution in [0.3, 0.4) is 0 Å². The van der Waals surface area contributed by atoms with Crippen LogP contribution in [-0.2, 0) is 11.2 Å². The molecule has 0 saturated carbocycles. The zero-order chi connectivity index (χ0) is 17.8. The highest BCUT2D eigenvalue weighted by Gasteiger charge is 2.16. The van der Waals surface area contributed by atoms with Crippen LogP contribution in [0.25, 0.3) is 10.9 Å². The molecule has 0 aliphatic carbocycles. The molecule has 0 spiro atoms. The number of hydrogen-bond acceptors (Lipinski definition) is 3. The second kappa shape index (κ2) is 7.61. The summed E-state index contributed by atoms with van der Waals surface area (Å²) in [6.45, 7) is 0.387. The molecular formula is C19H17BrFN3O. The zero-order valence-electron chi connectivity index (χ0n) is 13.4. The summed E-state index contributed by atoms with van der Waals surface area (Å²) in [7, 11) is 0. The quantitative estimate of drug-likeness (QED) is 0.658. The van der Waals surface area contributed by atoms with Crippen molar-refractivity contribution in [3.8, 4) is 0 Å². The van der Waals surface area contributed by atoms with Crippen LogP contribution in [0.2, 0.25) is 0 Å². The maximum Gasteiger partial charge on any atom is 0.222 e. The van der Waals surface area contributed by atoms with Gasteiger partial charge in [-0.3, -0.25) is 9.78 Å². The van der Waals surface area contributed by atoms with Gasteiger partial charge in [0.15, 0.2) is 0 Å². The Morgan fingerprint density at radius 2 is 1.96 bits per heavy atom. The van der Waals surface area contributed by atoms with E-state index in [0.717, 1.165) is 26.6 Å². The van der Waals surface area contributed by atoms with E-state index >= 15 is 0 Å². The summed E-state index contributed by atoms with van der Waals surface area (Å²) in [4.78, 5) is 16.1. The molecule has 1 aromatic heterocycles. The first-order valence-corrected chi connectivity index (χ1v) is 8.64. The Bertz CT molecular complexity index is 899. The van der Waals surface area contributed by atoms with Gasteiger partial charge in [-0.2, -0.15) is 0 Å². The summed E-state index contributed by atoms with van der Waals surface area (Å²) in [5.74, 6) is -1.09. The smallest absolute Gasteiger partial charge is 0.222 e. The van der Waals surface area contributed by atoms with Crippen LogP contribution in [0.1, 0.15) is 5.56 Å². The van der Waals surface area contributed by atoms with E-state index in [9.17, 15) is 9.18 Å². The van der Waals surface area contributed by atoms with Crippen molar-refractivity contribution in [1.29, 1.82) is 0 Å². The lowest BCUT2D eigenvalue weighted by atomic mass is 9.98. The maximum absolute atomic E-state index is 13.0. The SMILES string of the molecule is NC(=O)C(CNc1ccnc2ccc(Br)cc12)Cc1ccc(F)cc1. The van der Waals surface area contributed by atoms with E-state index in [1.165, 1.54) is 12.1 Å². The van der Waals surface area contributed by atoms with Gasteiger partial charge in [-0.05, 0) is 48.4 Å². The molecular weight excluding hydrogens is 385 g/mol. The third-order valence-corrected chi connectivity index (χ3v) is 4.53. The van der Waals surface area contributed by atoms with E-state index in [4.69, 9.17) is 5.73 Å². The number of anilines is 1. The Labute approximate surface area is 153 Å². The van der Waals surface area contributed by atoms with Crippen LogP contribution < -0.4 is 11.1 Å². The van der Waals surface area contributed by atoms with Crippen molar-refractivity contribution in [3.63, 3.8) is 0 Å². The fourth-order valence-corrected chi connectivity index (χ4v) is 3.05. The lowest BCUT2D eigenvalue weighted by molar-refractivity contribution is -0.121. The van der Waals surface area contributed by atoms with E-state index in [2.05, 4.69) is 26.2 Å². The van der Waals surface area contributed by atoms with Crippen LogP contribution in [-0.4, -0.2) is 17.4 Å². The molecule has 3 rings (SSSR count). The maximum atomic E-state index is 13.0. The minimum Gasteiger partial charge on any atom is -0.384 e. The monoisotopic (exact) mass is 401 g/mol. The number of carbonyl (C=O) groups excluding carboxylic acids is 1. The van der Waals surface area contributed by atoms with Crippen molar-refractivity contribution >= 4 is 38.4 Å². The Kier molecular flexibility index (Phi) is 5.28. The topological polar surface area (TPSA) is 68.0 Å². The van der Waals surface area contributed by atoms with Crippen molar-refractivity contribution in [2.24, 2.45) is 11.7 Å². The van der Waals surface area contributed by atoms with Gasteiger partial charge >= 0.3 is 0 Å². The van der Waals surface area contributed by atoms with Gasteiger partial charge in [0.25, 0.3) is 0 Å². The predicted molar refractivity (Wildman–Crippen MR) is 101 cm³/mol. The van der Waals surface area contributed by atoms with E-state index in [1.807, 2.05) is 24.3 Å². The number of nitrogens with zero attached hydrogens (tertiary/aromatic N) is 1. The lowest BCUT2D eigenvalue weighted by Crippen LogP contribution is -2.31. The normalized spacial score (nSPS) is 12.1. The minimum atomic E-state index is -0.402. The zero-order valence-corrected chi connectivity index (χ0v) is 15.0.